The van der Waals surface area contributed by atoms with Crippen molar-refractivity contribution in [3.63, 3.8) is 0 Å². The van der Waals surface area contributed by atoms with Crippen molar-refractivity contribution in [2.45, 2.75) is 39.4 Å². The van der Waals surface area contributed by atoms with Crippen LogP contribution in [0.2, 0.25) is 0 Å². The Morgan fingerprint density at radius 1 is 1.14 bits per heavy atom. The number of rotatable bonds is 6. The van der Waals surface area contributed by atoms with Gasteiger partial charge >= 0.3 is 5.97 Å². The van der Waals surface area contributed by atoms with Crippen LogP contribution in [0.4, 0.5) is 0 Å². The molecular weight excluding hydrogens is 460 g/mol. The molecule has 1 aliphatic rings. The molecule has 2 N–H and O–H groups in total. The molecule has 0 unspecified atom stereocenters. The zero-order valence-corrected chi connectivity index (χ0v) is 20.5. The average molecular weight is 487 g/mol. The lowest BCUT2D eigenvalue weighted by molar-refractivity contribution is 0.0697. The smallest absolute Gasteiger partial charge is 0.335 e. The summed E-state index contributed by atoms with van der Waals surface area (Å²) in [5.74, 6) is -0.126. The van der Waals surface area contributed by atoms with Crippen molar-refractivity contribution in [2.24, 2.45) is 0 Å². The molecule has 0 spiro atoms. The fraction of sp³-hybridized carbons (Fsp3) is 0.222. The fourth-order valence-corrected chi connectivity index (χ4v) is 5.23. The van der Waals surface area contributed by atoms with E-state index in [2.05, 4.69) is 32.8 Å². The number of aromatic nitrogens is 2. The highest BCUT2D eigenvalue weighted by Gasteiger charge is 2.41. The minimum Gasteiger partial charge on any atom is -0.478 e. The molecule has 35 heavy (non-hydrogen) atoms. The van der Waals surface area contributed by atoms with Gasteiger partial charge in [0.15, 0.2) is 5.11 Å². The molecule has 1 aliphatic heterocycles. The van der Waals surface area contributed by atoms with Crippen molar-refractivity contribution < 1.29 is 14.3 Å². The first-order chi connectivity index (χ1) is 16.8. The Morgan fingerprint density at radius 3 is 2.66 bits per heavy atom. The van der Waals surface area contributed by atoms with E-state index in [0.717, 1.165) is 39.7 Å². The molecule has 0 amide bonds. The first-order valence-electron chi connectivity index (χ1n) is 11.4. The molecule has 8 heteroatoms. The van der Waals surface area contributed by atoms with Crippen LogP contribution in [0.5, 0.6) is 0 Å². The molecule has 0 saturated carbocycles. The third-order valence-electron chi connectivity index (χ3n) is 6.59. The number of carbonyl (C=O) groups is 1. The predicted octanol–water partition coefficient (Wildman–Crippen LogP) is 5.26. The Balaban J connectivity index is 1.65. The second kappa shape index (κ2) is 9.03. The van der Waals surface area contributed by atoms with E-state index in [4.69, 9.17) is 16.6 Å². The van der Waals surface area contributed by atoms with E-state index < -0.39 is 5.97 Å². The number of carboxylic acids is 1. The van der Waals surface area contributed by atoms with Crippen LogP contribution in [0.3, 0.4) is 0 Å². The Hall–Kier alpha value is -3.91. The van der Waals surface area contributed by atoms with E-state index in [1.54, 1.807) is 24.6 Å². The third kappa shape index (κ3) is 4.10. The summed E-state index contributed by atoms with van der Waals surface area (Å²) < 4.78 is 7.77. The van der Waals surface area contributed by atoms with Crippen molar-refractivity contribution in [2.75, 3.05) is 0 Å². The van der Waals surface area contributed by atoms with Gasteiger partial charge in [-0.3, -0.25) is 4.98 Å². The number of hydrogen-bond donors (Lipinski definition) is 2. The number of aromatic carboxylic acids is 1. The van der Waals surface area contributed by atoms with Crippen molar-refractivity contribution >= 4 is 23.3 Å². The summed E-state index contributed by atoms with van der Waals surface area (Å²) in [6.45, 7) is 6.61. The zero-order valence-electron chi connectivity index (χ0n) is 19.7. The van der Waals surface area contributed by atoms with Gasteiger partial charge in [-0.15, -0.1) is 0 Å². The summed E-state index contributed by atoms with van der Waals surface area (Å²) in [7, 11) is 0. The van der Waals surface area contributed by atoms with Gasteiger partial charge in [-0.25, -0.2) is 4.79 Å². The molecule has 3 aromatic heterocycles. The summed E-state index contributed by atoms with van der Waals surface area (Å²) in [4.78, 5) is 18.4. The van der Waals surface area contributed by atoms with Gasteiger partial charge in [0.05, 0.1) is 36.1 Å². The van der Waals surface area contributed by atoms with Gasteiger partial charge in [-0.1, -0.05) is 12.1 Å². The topological polar surface area (TPSA) is 83.5 Å². The number of aryl methyl sites for hydroxylation is 2. The number of benzene rings is 1. The predicted molar refractivity (Wildman–Crippen MR) is 137 cm³/mol. The fourth-order valence-electron chi connectivity index (χ4n) is 4.93. The minimum atomic E-state index is -0.945. The molecule has 1 saturated heterocycles. The van der Waals surface area contributed by atoms with Crippen molar-refractivity contribution in [3.8, 4) is 5.69 Å². The van der Waals surface area contributed by atoms with E-state index in [0.29, 0.717) is 11.7 Å². The Kier molecular flexibility index (Phi) is 5.90. The molecule has 178 valence electrons. The molecular formula is C27H26N4O3S. The van der Waals surface area contributed by atoms with E-state index in [-0.39, 0.29) is 17.6 Å². The van der Waals surface area contributed by atoms with Crippen LogP contribution in [0, 0.1) is 20.8 Å². The SMILES string of the molecule is Cc1ccc(C(=O)O)cc1-n1c(C)cc([C@H]2[C@@H](c3ccccn3)NC(=S)N2Cc2ccco2)c1C. The number of nitrogens with one attached hydrogen (secondary N) is 1. The quantitative estimate of drug-likeness (QED) is 0.360. The van der Waals surface area contributed by atoms with Crippen LogP contribution in [-0.2, 0) is 6.54 Å². The van der Waals surface area contributed by atoms with Gasteiger partial charge < -0.3 is 24.3 Å². The molecule has 0 bridgehead atoms. The normalized spacial score (nSPS) is 17.6. The highest BCUT2D eigenvalue weighted by molar-refractivity contribution is 7.80. The van der Waals surface area contributed by atoms with Gasteiger partial charge in [0.1, 0.15) is 5.76 Å². The van der Waals surface area contributed by atoms with Crippen LogP contribution in [0.15, 0.2) is 71.5 Å². The van der Waals surface area contributed by atoms with E-state index in [1.807, 2.05) is 50.2 Å². The van der Waals surface area contributed by atoms with E-state index in [9.17, 15) is 9.90 Å². The van der Waals surface area contributed by atoms with Crippen LogP contribution >= 0.6 is 12.2 Å². The van der Waals surface area contributed by atoms with Crippen LogP contribution in [-0.4, -0.2) is 30.6 Å². The molecule has 4 aromatic rings. The van der Waals surface area contributed by atoms with Gasteiger partial charge in [0.2, 0.25) is 0 Å². The van der Waals surface area contributed by atoms with Crippen molar-refractivity contribution in [3.05, 3.63) is 107 Å². The summed E-state index contributed by atoms with van der Waals surface area (Å²) in [5.41, 5.74) is 6.14. The lowest BCUT2D eigenvalue weighted by Crippen LogP contribution is -2.29. The number of pyridine rings is 1. The Morgan fingerprint density at radius 2 is 1.97 bits per heavy atom. The maximum Gasteiger partial charge on any atom is 0.335 e. The highest BCUT2D eigenvalue weighted by atomic mass is 32.1. The summed E-state index contributed by atoms with van der Waals surface area (Å²) >= 11 is 5.78. The lowest BCUT2D eigenvalue weighted by Gasteiger charge is -2.27. The van der Waals surface area contributed by atoms with Crippen LogP contribution in [0.25, 0.3) is 5.69 Å². The van der Waals surface area contributed by atoms with E-state index >= 15 is 0 Å². The first kappa shape index (κ1) is 22.9. The maximum atomic E-state index is 11.7. The number of hydrogen-bond acceptors (Lipinski definition) is 4. The van der Waals surface area contributed by atoms with Gasteiger partial charge in [0.25, 0.3) is 0 Å². The summed E-state index contributed by atoms with van der Waals surface area (Å²) in [6.07, 6.45) is 3.45. The van der Waals surface area contributed by atoms with Gasteiger partial charge in [-0.05, 0) is 86.6 Å². The van der Waals surface area contributed by atoms with Crippen molar-refractivity contribution in [1.82, 2.24) is 19.8 Å². The number of carboxylic acid groups (broad SMARTS) is 1. The average Bonchev–Trinajstić information content (AvgIpc) is 3.54. The Labute approximate surface area is 209 Å². The molecule has 0 radical (unpaired) electrons. The molecule has 1 fully saturated rings. The first-order valence-corrected chi connectivity index (χ1v) is 11.8. The zero-order chi connectivity index (χ0) is 24.7. The van der Waals surface area contributed by atoms with Crippen LogP contribution in [0.1, 0.15) is 56.4 Å². The molecule has 0 aliphatic carbocycles. The second-order valence-corrected chi connectivity index (χ2v) is 9.19. The van der Waals surface area contributed by atoms with Crippen molar-refractivity contribution in [1.29, 1.82) is 0 Å². The molecule has 7 nitrogen and oxygen atoms in total. The highest BCUT2D eigenvalue weighted by Crippen LogP contribution is 2.42. The Bertz CT molecular complexity index is 1400. The van der Waals surface area contributed by atoms with Crippen LogP contribution < -0.4 is 5.32 Å². The third-order valence-corrected chi connectivity index (χ3v) is 6.94. The van der Waals surface area contributed by atoms with E-state index in [1.165, 1.54) is 0 Å². The molecule has 2 atom stereocenters. The molecule has 5 rings (SSSR count). The molecule has 1 aromatic carbocycles. The monoisotopic (exact) mass is 486 g/mol. The minimum absolute atomic E-state index is 0.134. The standard InChI is InChI=1S/C27H26N4O3S/c1-16-9-10-19(26(32)33)14-23(16)31-17(2)13-21(18(31)3)25-24(22-8-4-5-11-28-22)29-27(35)30(25)15-20-7-6-12-34-20/h4-14,24-25H,15H2,1-3H3,(H,29,35)(H,32,33)/t24-,25+/m1/s1. The largest absolute Gasteiger partial charge is 0.478 e. The number of nitrogens with zero attached hydrogens (tertiary/aromatic N) is 3. The summed E-state index contributed by atoms with van der Waals surface area (Å²) in [6, 6.07) is 16.8. The maximum absolute atomic E-state index is 11.7. The summed E-state index contributed by atoms with van der Waals surface area (Å²) in [5, 5.41) is 13.7. The van der Waals surface area contributed by atoms with Gasteiger partial charge in [-0.2, -0.15) is 0 Å². The lowest BCUT2D eigenvalue weighted by atomic mass is 9.96. The number of furan rings is 1. The number of thiocarbonyl (C=S) groups is 1. The molecule has 4 heterocycles. The second-order valence-electron chi connectivity index (χ2n) is 8.80. The van der Waals surface area contributed by atoms with Gasteiger partial charge in [0, 0.05) is 23.3 Å².